The molecule has 0 aromatic heterocycles. The Hall–Kier alpha value is -1.62. The SMILES string of the molecule is CN(Cc1c(F)cccc1Cl)C(=O)[C@@H]1CCCN1C(=O)CC(C)(C)C. The molecule has 0 N–H and O–H groups in total. The van der Waals surface area contributed by atoms with Crippen LogP contribution in [0.2, 0.25) is 5.02 Å². The van der Waals surface area contributed by atoms with Crippen molar-refractivity contribution in [2.45, 2.75) is 52.6 Å². The van der Waals surface area contributed by atoms with Crippen LogP contribution in [-0.2, 0) is 16.1 Å². The highest BCUT2D eigenvalue weighted by atomic mass is 35.5. The van der Waals surface area contributed by atoms with Crippen LogP contribution in [0.3, 0.4) is 0 Å². The van der Waals surface area contributed by atoms with Gasteiger partial charge in [0.25, 0.3) is 0 Å². The second-order valence-corrected chi connectivity index (χ2v) is 8.28. The maximum Gasteiger partial charge on any atom is 0.245 e. The second-order valence-electron chi connectivity index (χ2n) is 7.88. The van der Waals surface area contributed by atoms with Crippen molar-refractivity contribution in [2.75, 3.05) is 13.6 Å². The first-order chi connectivity index (χ1) is 11.6. The number of benzene rings is 1. The third kappa shape index (κ3) is 4.94. The number of likely N-dealkylation sites (N-methyl/N-ethyl adjacent to an activating group) is 1. The molecule has 25 heavy (non-hydrogen) atoms. The molecule has 4 nitrogen and oxygen atoms in total. The Morgan fingerprint density at radius 3 is 2.64 bits per heavy atom. The second kappa shape index (κ2) is 7.73. The van der Waals surface area contributed by atoms with Crippen molar-refractivity contribution in [1.29, 1.82) is 0 Å². The van der Waals surface area contributed by atoms with E-state index in [1.54, 1.807) is 18.0 Å². The maximum absolute atomic E-state index is 14.0. The van der Waals surface area contributed by atoms with Crippen molar-refractivity contribution in [1.82, 2.24) is 9.80 Å². The van der Waals surface area contributed by atoms with Gasteiger partial charge in [0.15, 0.2) is 0 Å². The minimum absolute atomic E-state index is 0.000624. The summed E-state index contributed by atoms with van der Waals surface area (Å²) < 4.78 is 14.0. The quantitative estimate of drug-likeness (QED) is 0.809. The summed E-state index contributed by atoms with van der Waals surface area (Å²) in [6, 6.07) is 4.00. The molecular formula is C19H26ClFN2O2. The summed E-state index contributed by atoms with van der Waals surface area (Å²) in [4.78, 5) is 28.5. The molecule has 0 spiro atoms. The van der Waals surface area contributed by atoms with Crippen LogP contribution >= 0.6 is 11.6 Å². The van der Waals surface area contributed by atoms with Crippen LogP contribution in [0.4, 0.5) is 4.39 Å². The predicted molar refractivity (Wildman–Crippen MR) is 96.7 cm³/mol. The van der Waals surface area contributed by atoms with Crippen LogP contribution in [0.25, 0.3) is 0 Å². The number of carbonyl (C=O) groups is 2. The monoisotopic (exact) mass is 368 g/mol. The number of hydrogen-bond donors (Lipinski definition) is 0. The average Bonchev–Trinajstić information content (AvgIpc) is 2.98. The van der Waals surface area contributed by atoms with Crippen LogP contribution in [0.1, 0.15) is 45.6 Å². The molecule has 0 bridgehead atoms. The lowest BCUT2D eigenvalue weighted by Gasteiger charge is -2.30. The van der Waals surface area contributed by atoms with Gasteiger partial charge in [-0.05, 0) is 30.4 Å². The first-order valence-corrected chi connectivity index (χ1v) is 8.95. The summed E-state index contributed by atoms with van der Waals surface area (Å²) in [5.41, 5.74) is 0.172. The van der Waals surface area contributed by atoms with Crippen molar-refractivity contribution < 1.29 is 14.0 Å². The Kier molecular flexibility index (Phi) is 6.09. The molecule has 138 valence electrons. The molecule has 2 rings (SSSR count). The Labute approximate surface area is 153 Å². The van der Waals surface area contributed by atoms with E-state index in [1.165, 1.54) is 17.0 Å². The molecule has 6 heteroatoms. The number of rotatable bonds is 4. The standard InChI is InChI=1S/C19H26ClFN2O2/c1-19(2,3)11-17(24)23-10-6-9-16(23)18(25)22(4)12-13-14(20)7-5-8-15(13)21/h5,7-8,16H,6,9-12H2,1-4H3/t16-/m0/s1. The molecule has 1 atom stereocenters. The van der Waals surface area contributed by atoms with Gasteiger partial charge in [0, 0.05) is 37.1 Å². The summed E-state index contributed by atoms with van der Waals surface area (Å²) in [5.74, 6) is -0.598. The molecule has 2 amide bonds. The van der Waals surface area contributed by atoms with E-state index < -0.39 is 11.9 Å². The first-order valence-electron chi connectivity index (χ1n) is 8.57. The van der Waals surface area contributed by atoms with Crippen LogP contribution in [-0.4, -0.2) is 41.2 Å². The van der Waals surface area contributed by atoms with Crippen molar-refractivity contribution in [3.63, 3.8) is 0 Å². The van der Waals surface area contributed by atoms with Gasteiger partial charge in [0.1, 0.15) is 11.9 Å². The Morgan fingerprint density at radius 1 is 1.36 bits per heavy atom. The molecule has 0 aliphatic carbocycles. The third-order valence-corrected chi connectivity index (χ3v) is 4.73. The summed E-state index contributed by atoms with van der Waals surface area (Å²) in [7, 11) is 1.62. The van der Waals surface area contributed by atoms with E-state index in [9.17, 15) is 14.0 Å². The molecule has 1 saturated heterocycles. The lowest BCUT2D eigenvalue weighted by atomic mass is 9.91. The van der Waals surface area contributed by atoms with Crippen molar-refractivity contribution in [3.05, 3.63) is 34.6 Å². The van der Waals surface area contributed by atoms with Crippen LogP contribution < -0.4 is 0 Å². The molecule has 0 unspecified atom stereocenters. The Bertz CT molecular complexity index is 637. The van der Waals surface area contributed by atoms with Crippen LogP contribution in [0.5, 0.6) is 0 Å². The summed E-state index contributed by atoms with van der Waals surface area (Å²) in [6.45, 7) is 6.69. The van der Waals surface area contributed by atoms with Gasteiger partial charge >= 0.3 is 0 Å². The summed E-state index contributed by atoms with van der Waals surface area (Å²) in [6.07, 6.45) is 1.85. The van der Waals surface area contributed by atoms with E-state index in [4.69, 9.17) is 11.6 Å². The molecule has 1 aliphatic rings. The van der Waals surface area contributed by atoms with E-state index >= 15 is 0 Å². The van der Waals surface area contributed by atoms with Crippen LogP contribution in [0, 0.1) is 11.2 Å². The fraction of sp³-hybridized carbons (Fsp3) is 0.579. The highest BCUT2D eigenvalue weighted by molar-refractivity contribution is 6.31. The minimum Gasteiger partial charge on any atom is -0.339 e. The van der Waals surface area contributed by atoms with E-state index in [-0.39, 0.29) is 23.8 Å². The molecule has 1 aliphatic heterocycles. The topological polar surface area (TPSA) is 40.6 Å². The zero-order chi connectivity index (χ0) is 18.8. The number of hydrogen-bond acceptors (Lipinski definition) is 2. The van der Waals surface area contributed by atoms with Gasteiger partial charge in [-0.2, -0.15) is 0 Å². The smallest absolute Gasteiger partial charge is 0.245 e. The minimum atomic E-state index is -0.467. The van der Waals surface area contributed by atoms with Gasteiger partial charge in [-0.3, -0.25) is 9.59 Å². The number of nitrogens with zero attached hydrogens (tertiary/aromatic N) is 2. The normalized spacial score (nSPS) is 17.7. The largest absolute Gasteiger partial charge is 0.339 e. The number of halogens is 2. The van der Waals surface area contributed by atoms with E-state index in [0.717, 1.165) is 6.42 Å². The molecule has 0 radical (unpaired) electrons. The van der Waals surface area contributed by atoms with Gasteiger partial charge in [-0.15, -0.1) is 0 Å². The number of likely N-dealkylation sites (tertiary alicyclic amines) is 1. The van der Waals surface area contributed by atoms with E-state index in [0.29, 0.717) is 30.0 Å². The number of amides is 2. The fourth-order valence-corrected chi connectivity index (χ4v) is 3.35. The predicted octanol–water partition coefficient (Wildman–Crippen LogP) is 3.86. The molecule has 0 saturated carbocycles. The lowest BCUT2D eigenvalue weighted by molar-refractivity contribution is -0.144. The van der Waals surface area contributed by atoms with E-state index in [2.05, 4.69) is 0 Å². The lowest BCUT2D eigenvalue weighted by Crippen LogP contribution is -2.47. The molecule has 1 aromatic rings. The van der Waals surface area contributed by atoms with Gasteiger partial charge in [0.2, 0.25) is 11.8 Å². The van der Waals surface area contributed by atoms with Gasteiger partial charge in [0.05, 0.1) is 0 Å². The third-order valence-electron chi connectivity index (χ3n) is 4.37. The highest BCUT2D eigenvalue weighted by Gasteiger charge is 2.36. The van der Waals surface area contributed by atoms with Crippen molar-refractivity contribution >= 4 is 23.4 Å². The van der Waals surface area contributed by atoms with Crippen LogP contribution in [0.15, 0.2) is 18.2 Å². The Balaban J connectivity index is 2.09. The summed E-state index contributed by atoms with van der Waals surface area (Å²) in [5, 5.41) is 0.298. The van der Waals surface area contributed by atoms with Gasteiger partial charge in [-0.1, -0.05) is 38.4 Å². The molecule has 1 aromatic carbocycles. The zero-order valence-electron chi connectivity index (χ0n) is 15.3. The molecular weight excluding hydrogens is 343 g/mol. The van der Waals surface area contributed by atoms with Gasteiger partial charge in [-0.25, -0.2) is 4.39 Å². The Morgan fingerprint density at radius 2 is 2.04 bits per heavy atom. The van der Waals surface area contributed by atoms with Crippen molar-refractivity contribution in [2.24, 2.45) is 5.41 Å². The highest BCUT2D eigenvalue weighted by Crippen LogP contribution is 2.26. The van der Waals surface area contributed by atoms with Crippen molar-refractivity contribution in [3.8, 4) is 0 Å². The number of carbonyl (C=O) groups excluding carboxylic acids is 2. The first kappa shape index (κ1) is 19.7. The maximum atomic E-state index is 14.0. The van der Waals surface area contributed by atoms with E-state index in [1.807, 2.05) is 20.8 Å². The molecule has 1 fully saturated rings. The van der Waals surface area contributed by atoms with Gasteiger partial charge < -0.3 is 9.80 Å². The average molecular weight is 369 g/mol. The summed E-state index contributed by atoms with van der Waals surface area (Å²) >= 11 is 6.05. The zero-order valence-corrected chi connectivity index (χ0v) is 16.1. The molecule has 1 heterocycles. The fourth-order valence-electron chi connectivity index (χ4n) is 3.13.